The number of imidazole rings is 1. The average molecular weight is 515 g/mol. The van der Waals surface area contributed by atoms with Gasteiger partial charge in [0, 0.05) is 67.9 Å². The highest BCUT2D eigenvalue weighted by atomic mass is 16.5. The van der Waals surface area contributed by atoms with Crippen LogP contribution >= 0.6 is 0 Å². The summed E-state index contributed by atoms with van der Waals surface area (Å²) in [6, 6.07) is 16.7. The number of benzene rings is 2. The predicted molar refractivity (Wildman–Crippen MR) is 150 cm³/mol. The van der Waals surface area contributed by atoms with E-state index in [1.165, 1.54) is 0 Å². The van der Waals surface area contributed by atoms with E-state index in [-0.39, 0.29) is 12.1 Å². The molecule has 0 spiro atoms. The van der Waals surface area contributed by atoms with Crippen molar-refractivity contribution in [2.75, 3.05) is 67.6 Å². The van der Waals surface area contributed by atoms with Crippen LogP contribution in [0.1, 0.15) is 19.9 Å². The van der Waals surface area contributed by atoms with Crippen molar-refractivity contribution in [3.8, 4) is 11.4 Å². The number of anilines is 3. The monoisotopic (exact) mass is 514 g/mol. The number of morpholine rings is 1. The van der Waals surface area contributed by atoms with Crippen LogP contribution in [0.15, 0.2) is 54.7 Å². The molecule has 0 atom stereocenters. The first-order valence-electron chi connectivity index (χ1n) is 13.3. The number of carbonyl (C=O) groups excluding carboxylic acids is 1. The Labute approximate surface area is 222 Å². The molecule has 10 heteroatoms. The lowest BCUT2D eigenvalue weighted by Gasteiger charge is -2.36. The van der Waals surface area contributed by atoms with Crippen LogP contribution < -0.4 is 15.1 Å². The minimum absolute atomic E-state index is 0.0519. The second kappa shape index (κ2) is 10.4. The van der Waals surface area contributed by atoms with Crippen molar-refractivity contribution < 1.29 is 9.53 Å². The number of rotatable bonds is 5. The van der Waals surface area contributed by atoms with Gasteiger partial charge in [-0.3, -0.25) is 0 Å². The van der Waals surface area contributed by atoms with Gasteiger partial charge in [0.2, 0.25) is 0 Å². The zero-order chi connectivity index (χ0) is 26.1. The summed E-state index contributed by atoms with van der Waals surface area (Å²) in [5.41, 5.74) is 5.95. The first-order chi connectivity index (χ1) is 18.5. The van der Waals surface area contributed by atoms with E-state index in [1.807, 2.05) is 34.0 Å². The number of piperazine rings is 1. The number of fused-ring (bicyclic) bond motifs is 1. The van der Waals surface area contributed by atoms with Crippen LogP contribution in [0.2, 0.25) is 0 Å². The highest BCUT2D eigenvalue weighted by Crippen LogP contribution is 2.26. The Morgan fingerprint density at radius 2 is 1.68 bits per heavy atom. The van der Waals surface area contributed by atoms with Crippen LogP contribution in [0.25, 0.3) is 22.6 Å². The van der Waals surface area contributed by atoms with Crippen LogP contribution in [0.4, 0.5) is 21.9 Å². The van der Waals surface area contributed by atoms with Crippen molar-refractivity contribution in [1.82, 2.24) is 24.6 Å². The Morgan fingerprint density at radius 1 is 0.947 bits per heavy atom. The van der Waals surface area contributed by atoms with Gasteiger partial charge in [-0.05, 0) is 56.3 Å². The second-order valence-corrected chi connectivity index (χ2v) is 10.1. The Morgan fingerprint density at radius 3 is 2.42 bits per heavy atom. The number of ether oxygens (including phenoxy) is 1. The molecule has 2 aliphatic heterocycles. The number of H-pyrrole nitrogens is 1. The Bertz CT molecular complexity index is 1400. The van der Waals surface area contributed by atoms with Gasteiger partial charge >= 0.3 is 6.03 Å². The molecule has 4 heterocycles. The Kier molecular flexibility index (Phi) is 6.63. The summed E-state index contributed by atoms with van der Waals surface area (Å²) in [5.74, 6) is 0.845. The third-order valence-corrected chi connectivity index (χ3v) is 7.28. The summed E-state index contributed by atoms with van der Waals surface area (Å²) in [5, 5.41) is 7.49. The van der Waals surface area contributed by atoms with E-state index in [0.29, 0.717) is 13.1 Å². The lowest BCUT2D eigenvalue weighted by molar-refractivity contribution is 0.122. The predicted octanol–water partition coefficient (Wildman–Crippen LogP) is 4.20. The van der Waals surface area contributed by atoms with E-state index >= 15 is 0 Å². The van der Waals surface area contributed by atoms with Gasteiger partial charge in [0.05, 0.1) is 19.4 Å². The van der Waals surface area contributed by atoms with Crippen molar-refractivity contribution in [1.29, 1.82) is 0 Å². The highest BCUT2D eigenvalue weighted by molar-refractivity contribution is 5.90. The van der Waals surface area contributed by atoms with Crippen molar-refractivity contribution in [2.24, 2.45) is 0 Å². The molecule has 10 nitrogen and oxygen atoms in total. The maximum atomic E-state index is 13.0. The van der Waals surface area contributed by atoms with Gasteiger partial charge in [0.25, 0.3) is 0 Å². The Hall–Kier alpha value is -4.05. The molecule has 0 aliphatic carbocycles. The van der Waals surface area contributed by atoms with Gasteiger partial charge < -0.3 is 29.7 Å². The van der Waals surface area contributed by atoms with Gasteiger partial charge in [-0.1, -0.05) is 6.07 Å². The van der Waals surface area contributed by atoms with Crippen LogP contribution in [-0.2, 0) is 4.74 Å². The SMILES string of the molecule is CC(C)n1ncc2[nH]c(-c3ccc(N4CCN(C(=O)Nc5cccc(N6CCOCC6)c5)CC4)cc3)nc21. The van der Waals surface area contributed by atoms with E-state index in [1.54, 1.807) is 0 Å². The normalized spacial score (nSPS) is 16.4. The third kappa shape index (κ3) is 4.91. The molecular formula is C28H34N8O2. The number of aromatic amines is 1. The van der Waals surface area contributed by atoms with Gasteiger partial charge in [0.1, 0.15) is 11.3 Å². The molecule has 4 aromatic rings. The lowest BCUT2D eigenvalue weighted by Crippen LogP contribution is -2.50. The highest BCUT2D eigenvalue weighted by Gasteiger charge is 2.22. The molecule has 2 amide bonds. The minimum Gasteiger partial charge on any atom is -0.378 e. The molecule has 2 fully saturated rings. The minimum atomic E-state index is -0.0519. The summed E-state index contributed by atoms with van der Waals surface area (Å²) in [6.07, 6.45) is 1.83. The molecule has 0 bridgehead atoms. The van der Waals surface area contributed by atoms with Crippen molar-refractivity contribution in [2.45, 2.75) is 19.9 Å². The molecule has 2 aromatic carbocycles. The molecular weight excluding hydrogens is 480 g/mol. The topological polar surface area (TPSA) is 94.5 Å². The Balaban J connectivity index is 1.05. The van der Waals surface area contributed by atoms with Gasteiger partial charge in [-0.15, -0.1) is 0 Å². The number of hydrogen-bond donors (Lipinski definition) is 2. The number of hydrogen-bond acceptors (Lipinski definition) is 6. The first kappa shape index (κ1) is 24.3. The number of amides is 2. The summed E-state index contributed by atoms with van der Waals surface area (Å²) in [7, 11) is 0. The fraction of sp³-hybridized carbons (Fsp3) is 0.393. The van der Waals surface area contributed by atoms with Crippen molar-refractivity contribution >= 4 is 34.3 Å². The van der Waals surface area contributed by atoms with Crippen LogP contribution in [0.5, 0.6) is 0 Å². The summed E-state index contributed by atoms with van der Waals surface area (Å²) in [4.78, 5) is 27.6. The fourth-order valence-corrected chi connectivity index (χ4v) is 5.13. The molecule has 38 heavy (non-hydrogen) atoms. The van der Waals surface area contributed by atoms with Crippen molar-refractivity contribution in [3.63, 3.8) is 0 Å². The average Bonchev–Trinajstić information content (AvgIpc) is 3.55. The van der Waals surface area contributed by atoms with Crippen LogP contribution in [-0.4, -0.2) is 83.2 Å². The van der Waals surface area contributed by atoms with Gasteiger partial charge in [-0.25, -0.2) is 14.5 Å². The number of nitrogens with one attached hydrogen (secondary N) is 2. The van der Waals surface area contributed by atoms with E-state index in [0.717, 1.165) is 79.0 Å². The second-order valence-electron chi connectivity index (χ2n) is 10.1. The maximum absolute atomic E-state index is 13.0. The van der Waals surface area contributed by atoms with Gasteiger partial charge in [0.15, 0.2) is 5.65 Å². The molecule has 2 N–H and O–H groups in total. The smallest absolute Gasteiger partial charge is 0.321 e. The molecule has 2 aromatic heterocycles. The largest absolute Gasteiger partial charge is 0.378 e. The maximum Gasteiger partial charge on any atom is 0.321 e. The number of nitrogens with zero attached hydrogens (tertiary/aromatic N) is 6. The van der Waals surface area contributed by atoms with Crippen LogP contribution in [0.3, 0.4) is 0 Å². The van der Waals surface area contributed by atoms with E-state index in [2.05, 4.69) is 69.4 Å². The summed E-state index contributed by atoms with van der Waals surface area (Å²) in [6.45, 7) is 10.3. The quantitative estimate of drug-likeness (QED) is 0.415. The molecule has 2 aliphatic rings. The third-order valence-electron chi connectivity index (χ3n) is 7.28. The first-order valence-corrected chi connectivity index (χ1v) is 13.3. The molecule has 0 radical (unpaired) electrons. The molecule has 0 unspecified atom stereocenters. The standard InChI is InChI=1S/C28H34N8O2/c1-20(2)36-27-25(19-29-36)31-26(32-27)21-6-8-23(9-7-21)33-10-12-35(13-11-33)28(37)30-22-4-3-5-24(18-22)34-14-16-38-17-15-34/h3-9,18-20H,10-17H2,1-2H3,(H,30,37)(H,31,32). The van der Waals surface area contributed by atoms with Gasteiger partial charge in [-0.2, -0.15) is 5.10 Å². The molecule has 2 saturated heterocycles. The zero-order valence-electron chi connectivity index (χ0n) is 21.9. The molecule has 0 saturated carbocycles. The zero-order valence-corrected chi connectivity index (χ0v) is 21.9. The fourth-order valence-electron chi connectivity index (χ4n) is 5.13. The van der Waals surface area contributed by atoms with E-state index in [4.69, 9.17) is 9.72 Å². The number of aromatic nitrogens is 4. The van der Waals surface area contributed by atoms with E-state index in [9.17, 15) is 4.79 Å². The van der Waals surface area contributed by atoms with Crippen LogP contribution in [0, 0.1) is 0 Å². The van der Waals surface area contributed by atoms with E-state index < -0.39 is 0 Å². The lowest BCUT2D eigenvalue weighted by atomic mass is 10.1. The molecule has 6 rings (SSSR count). The number of urea groups is 1. The van der Waals surface area contributed by atoms with Crippen molar-refractivity contribution in [3.05, 3.63) is 54.7 Å². The summed E-state index contributed by atoms with van der Waals surface area (Å²) >= 11 is 0. The number of carbonyl (C=O) groups is 1. The molecule has 198 valence electrons. The summed E-state index contributed by atoms with van der Waals surface area (Å²) < 4.78 is 7.38.